The summed E-state index contributed by atoms with van der Waals surface area (Å²) in [6, 6.07) is 56.2. The summed E-state index contributed by atoms with van der Waals surface area (Å²) >= 11 is 0. The molecule has 0 amide bonds. The number of fused-ring (bicyclic) bond motifs is 4. The van der Waals surface area contributed by atoms with Crippen molar-refractivity contribution >= 4 is 46.9 Å². The van der Waals surface area contributed by atoms with E-state index in [0.717, 1.165) is 41.6 Å². The molecule has 0 saturated carbocycles. The number of hydrogen-bond acceptors (Lipinski definition) is 1. The zero-order chi connectivity index (χ0) is 29.6. The largest absolute Gasteiger partial charge is 0.309 e. The molecule has 0 fully saturated rings. The van der Waals surface area contributed by atoms with Gasteiger partial charge in [0.15, 0.2) is 7.14 Å². The van der Waals surface area contributed by atoms with E-state index >= 15 is 4.57 Å². The van der Waals surface area contributed by atoms with Gasteiger partial charge in [-0.15, -0.1) is 0 Å². The smallest absolute Gasteiger partial charge is 0.171 e. The van der Waals surface area contributed by atoms with E-state index in [2.05, 4.69) is 121 Å². The Morgan fingerprint density at radius 3 is 1.45 bits per heavy atom. The zero-order valence-electron chi connectivity index (χ0n) is 24.6. The van der Waals surface area contributed by atoms with E-state index in [9.17, 15) is 0 Å². The molecular weight excluding hydrogens is 570 g/mol. The van der Waals surface area contributed by atoms with E-state index < -0.39 is 15.1 Å². The monoisotopic (exact) mass is 604 g/mol. The first-order valence-electron chi connectivity index (χ1n) is 15.6. The average molecular weight is 605 g/mol. The maximum Gasteiger partial charge on any atom is 0.171 e. The lowest BCUT2D eigenvalue weighted by molar-refractivity contribution is 0.511. The van der Waals surface area contributed by atoms with Crippen molar-refractivity contribution in [3.63, 3.8) is 0 Å². The topological polar surface area (TPSA) is 17.1 Å². The molecule has 1 atom stereocenters. The summed E-state index contributed by atoms with van der Waals surface area (Å²) in [6.07, 6.45) is 4.17. The second-order valence-corrected chi connectivity index (χ2v) is 16.9. The van der Waals surface area contributed by atoms with Gasteiger partial charge in [-0.05, 0) is 71.8 Å². The highest BCUT2D eigenvalue weighted by atomic mass is 31.2. The number of hydrogen-bond donors (Lipinski definition) is 0. The second-order valence-electron chi connectivity index (χ2n) is 12.0. The summed E-state index contributed by atoms with van der Waals surface area (Å²) < 4.78 is 15.9. The Kier molecular flexibility index (Phi) is 6.98. The van der Waals surface area contributed by atoms with Gasteiger partial charge in [-0.25, -0.2) is 0 Å². The molecule has 1 nitrogen and oxygen atoms in total. The molecular formula is C41H34OP2. The molecule has 44 heavy (non-hydrogen) atoms. The van der Waals surface area contributed by atoms with Gasteiger partial charge in [0.1, 0.15) is 0 Å². The minimum Gasteiger partial charge on any atom is -0.309 e. The molecule has 214 valence electrons. The van der Waals surface area contributed by atoms with Gasteiger partial charge in [-0.1, -0.05) is 158 Å². The Hall–Kier alpha value is -4.02. The van der Waals surface area contributed by atoms with Crippen LogP contribution in [0, 0.1) is 0 Å². The van der Waals surface area contributed by atoms with E-state index in [-0.39, 0.29) is 5.41 Å². The van der Waals surface area contributed by atoms with Gasteiger partial charge in [0.2, 0.25) is 0 Å². The second kappa shape index (κ2) is 11.2. The van der Waals surface area contributed by atoms with Crippen LogP contribution in [-0.2, 0) is 22.8 Å². The summed E-state index contributed by atoms with van der Waals surface area (Å²) in [5.74, 6) is 0. The predicted octanol–water partition coefficient (Wildman–Crippen LogP) is 7.26. The van der Waals surface area contributed by atoms with Crippen LogP contribution in [0.15, 0.2) is 158 Å². The Morgan fingerprint density at radius 1 is 0.477 bits per heavy atom. The van der Waals surface area contributed by atoms with Gasteiger partial charge < -0.3 is 4.57 Å². The fourth-order valence-corrected chi connectivity index (χ4v) is 13.5. The Bertz CT molecular complexity index is 1900. The summed E-state index contributed by atoms with van der Waals surface area (Å²) in [4.78, 5) is 0. The van der Waals surface area contributed by atoms with Crippen LogP contribution in [-0.4, -0.2) is 0 Å². The molecule has 2 aliphatic carbocycles. The zero-order valence-corrected chi connectivity index (χ0v) is 26.4. The molecule has 6 aromatic rings. The first-order chi connectivity index (χ1) is 21.7. The minimum atomic E-state index is -3.16. The lowest BCUT2D eigenvalue weighted by atomic mass is 9.76. The molecule has 6 aromatic carbocycles. The molecule has 0 saturated heterocycles. The quantitative estimate of drug-likeness (QED) is 0.183. The third-order valence-corrected chi connectivity index (χ3v) is 15.3. The highest BCUT2D eigenvalue weighted by Gasteiger charge is 2.50. The third-order valence-electron chi connectivity index (χ3n) is 9.71. The van der Waals surface area contributed by atoms with Crippen molar-refractivity contribution in [2.24, 2.45) is 0 Å². The van der Waals surface area contributed by atoms with Crippen LogP contribution in [0.4, 0.5) is 0 Å². The molecule has 0 radical (unpaired) electrons. The molecule has 2 aliphatic rings. The van der Waals surface area contributed by atoms with Crippen molar-refractivity contribution < 1.29 is 4.57 Å². The first-order valence-corrected chi connectivity index (χ1v) is 18.6. The van der Waals surface area contributed by atoms with Gasteiger partial charge in [-0.3, -0.25) is 0 Å². The van der Waals surface area contributed by atoms with E-state index in [1.807, 2.05) is 36.4 Å². The molecule has 0 aliphatic heterocycles. The van der Waals surface area contributed by atoms with E-state index in [0.29, 0.717) is 0 Å². The van der Waals surface area contributed by atoms with Crippen LogP contribution < -0.4 is 31.8 Å². The van der Waals surface area contributed by atoms with Crippen molar-refractivity contribution in [3.05, 3.63) is 180 Å². The number of aryl methyl sites for hydroxylation is 2. The van der Waals surface area contributed by atoms with Crippen molar-refractivity contribution in [2.75, 3.05) is 0 Å². The standard InChI is InChI=1S/C41H34OP2/c42-44(35-21-9-3-10-22-35,36-23-11-4-12-24-36)38-26-14-16-32-28-30-41(40(32)38)29-27-31-15-13-25-37(39(31)41)43(33-17-5-1-6-18-33)34-19-7-2-8-20-34/h1-26H,27-30H2/t41-/m0/s1. The Morgan fingerprint density at radius 2 is 0.932 bits per heavy atom. The normalized spacial score (nSPS) is 17.1. The molecule has 0 aromatic heterocycles. The SMILES string of the molecule is O=P(c1ccccc1)(c1ccccc1)c1cccc2c1[C@@]1(CCc3cccc(P(c4ccccc4)c4ccccc4)c31)CC2. The van der Waals surface area contributed by atoms with Crippen molar-refractivity contribution in [1.82, 2.24) is 0 Å². The van der Waals surface area contributed by atoms with E-state index in [1.165, 1.54) is 38.2 Å². The highest BCUT2D eigenvalue weighted by Crippen LogP contribution is 2.56. The maximum absolute atomic E-state index is 15.9. The molecule has 0 unspecified atom stereocenters. The van der Waals surface area contributed by atoms with Crippen LogP contribution in [0.25, 0.3) is 0 Å². The summed E-state index contributed by atoms with van der Waals surface area (Å²) in [6.45, 7) is 0. The van der Waals surface area contributed by atoms with Gasteiger partial charge in [0.05, 0.1) is 0 Å². The maximum atomic E-state index is 15.9. The molecule has 0 N–H and O–H groups in total. The lowest BCUT2D eigenvalue weighted by Gasteiger charge is -2.35. The predicted molar refractivity (Wildman–Crippen MR) is 188 cm³/mol. The lowest BCUT2D eigenvalue weighted by Crippen LogP contribution is -2.37. The minimum absolute atomic E-state index is 0.165. The third kappa shape index (κ3) is 4.29. The van der Waals surface area contributed by atoms with Gasteiger partial charge in [0.25, 0.3) is 0 Å². The average Bonchev–Trinajstić information content (AvgIpc) is 3.68. The molecule has 0 bridgehead atoms. The summed E-state index contributed by atoms with van der Waals surface area (Å²) in [5, 5.41) is 7.03. The van der Waals surface area contributed by atoms with Gasteiger partial charge in [-0.2, -0.15) is 0 Å². The summed E-state index contributed by atoms with van der Waals surface area (Å²) in [7, 11) is -3.93. The van der Waals surface area contributed by atoms with Crippen LogP contribution in [0.2, 0.25) is 0 Å². The van der Waals surface area contributed by atoms with Crippen LogP contribution in [0.5, 0.6) is 0 Å². The van der Waals surface area contributed by atoms with Gasteiger partial charge in [0, 0.05) is 21.3 Å². The van der Waals surface area contributed by atoms with Crippen LogP contribution in [0.3, 0.4) is 0 Å². The van der Waals surface area contributed by atoms with Gasteiger partial charge >= 0.3 is 0 Å². The molecule has 3 heteroatoms. The van der Waals surface area contributed by atoms with E-state index in [4.69, 9.17) is 0 Å². The van der Waals surface area contributed by atoms with Crippen LogP contribution in [0.1, 0.15) is 35.1 Å². The Balaban J connectivity index is 1.40. The highest BCUT2D eigenvalue weighted by molar-refractivity contribution is 7.85. The van der Waals surface area contributed by atoms with Crippen molar-refractivity contribution in [1.29, 1.82) is 0 Å². The van der Waals surface area contributed by atoms with Crippen molar-refractivity contribution in [3.8, 4) is 0 Å². The number of benzene rings is 6. The molecule has 0 heterocycles. The summed E-state index contributed by atoms with van der Waals surface area (Å²) in [5.41, 5.74) is 5.48. The molecule has 8 rings (SSSR count). The van der Waals surface area contributed by atoms with Crippen LogP contribution >= 0.6 is 15.1 Å². The number of rotatable bonds is 6. The van der Waals surface area contributed by atoms with E-state index in [1.54, 1.807) is 0 Å². The van der Waals surface area contributed by atoms with Crippen molar-refractivity contribution in [2.45, 2.75) is 31.1 Å². The first kappa shape index (κ1) is 27.5. The molecule has 1 spiro atoms. The fourth-order valence-electron chi connectivity index (χ4n) is 7.87. The fraction of sp³-hybridized carbons (Fsp3) is 0.122. The Labute approximate surface area is 261 Å².